The van der Waals surface area contributed by atoms with Crippen LogP contribution in [0.4, 0.5) is 6.01 Å². The van der Waals surface area contributed by atoms with E-state index in [2.05, 4.69) is 20.4 Å². The van der Waals surface area contributed by atoms with Gasteiger partial charge in [-0.2, -0.15) is 4.98 Å². The Labute approximate surface area is 107 Å². The number of anilines is 1. The van der Waals surface area contributed by atoms with Gasteiger partial charge in [-0.05, 0) is 31.1 Å². The van der Waals surface area contributed by atoms with E-state index in [0.29, 0.717) is 5.92 Å². The van der Waals surface area contributed by atoms with Crippen LogP contribution >= 0.6 is 0 Å². The summed E-state index contributed by atoms with van der Waals surface area (Å²) in [5, 5.41) is 7.58. The fourth-order valence-corrected chi connectivity index (χ4v) is 3.92. The van der Waals surface area contributed by atoms with Crippen molar-refractivity contribution in [2.75, 3.05) is 31.1 Å². The highest BCUT2D eigenvalue weighted by atomic mass is 16.5. The Balaban J connectivity index is 1.51. The summed E-state index contributed by atoms with van der Waals surface area (Å²) in [5.41, 5.74) is 0. The Morgan fingerprint density at radius 2 is 2.06 bits per heavy atom. The second-order valence-corrected chi connectivity index (χ2v) is 5.95. The second kappa shape index (κ2) is 4.23. The van der Waals surface area contributed by atoms with Crippen molar-refractivity contribution < 1.29 is 4.52 Å². The number of hydrogen-bond acceptors (Lipinski definition) is 5. The molecule has 1 aromatic heterocycles. The lowest BCUT2D eigenvalue weighted by Gasteiger charge is -2.25. The molecule has 3 fully saturated rings. The maximum Gasteiger partial charge on any atom is 0.324 e. The third-order valence-electron chi connectivity index (χ3n) is 4.89. The van der Waals surface area contributed by atoms with Crippen LogP contribution in [0.3, 0.4) is 0 Å². The van der Waals surface area contributed by atoms with Crippen molar-refractivity contribution in [1.29, 1.82) is 0 Å². The predicted molar refractivity (Wildman–Crippen MR) is 67.6 cm³/mol. The van der Waals surface area contributed by atoms with E-state index >= 15 is 0 Å². The van der Waals surface area contributed by atoms with Gasteiger partial charge in [0.05, 0.1) is 0 Å². The first kappa shape index (κ1) is 10.8. The van der Waals surface area contributed by atoms with Crippen molar-refractivity contribution in [2.24, 2.45) is 11.8 Å². The summed E-state index contributed by atoms with van der Waals surface area (Å²) in [5.74, 6) is 3.30. The predicted octanol–water partition coefficient (Wildman–Crippen LogP) is 1.38. The Bertz CT molecular complexity index is 426. The molecule has 2 heterocycles. The molecule has 1 aliphatic heterocycles. The summed E-state index contributed by atoms with van der Waals surface area (Å²) in [6.07, 6.45) is 5.46. The maximum atomic E-state index is 5.46. The van der Waals surface area contributed by atoms with Crippen molar-refractivity contribution in [3.8, 4) is 0 Å². The number of piperazine rings is 1. The van der Waals surface area contributed by atoms with Gasteiger partial charge >= 0.3 is 6.01 Å². The van der Waals surface area contributed by atoms with E-state index < -0.39 is 0 Å². The number of nitrogens with one attached hydrogen (secondary N) is 1. The quantitative estimate of drug-likeness (QED) is 0.857. The first-order valence-corrected chi connectivity index (χ1v) is 7.19. The van der Waals surface area contributed by atoms with Gasteiger partial charge in [0.15, 0.2) is 5.82 Å². The van der Waals surface area contributed by atoms with Crippen molar-refractivity contribution >= 4 is 6.01 Å². The average molecular weight is 248 g/mol. The SMILES string of the molecule is C1CN(c2nc(C3C[C@@H]4CC[C@H]3C4)no2)CCN1. The Morgan fingerprint density at radius 3 is 2.78 bits per heavy atom. The molecule has 2 aliphatic carbocycles. The van der Waals surface area contributed by atoms with E-state index in [4.69, 9.17) is 4.52 Å². The molecule has 98 valence electrons. The van der Waals surface area contributed by atoms with Crippen molar-refractivity contribution in [3.05, 3.63) is 5.82 Å². The molecule has 3 aliphatic rings. The van der Waals surface area contributed by atoms with Crippen molar-refractivity contribution in [3.63, 3.8) is 0 Å². The molecule has 1 unspecified atom stereocenters. The van der Waals surface area contributed by atoms with Crippen LogP contribution in [-0.2, 0) is 0 Å². The normalized spacial score (nSPS) is 35.3. The van der Waals surface area contributed by atoms with Gasteiger partial charge in [0.2, 0.25) is 0 Å². The van der Waals surface area contributed by atoms with Crippen LogP contribution in [0.2, 0.25) is 0 Å². The number of aromatic nitrogens is 2. The molecule has 5 nitrogen and oxygen atoms in total. The van der Waals surface area contributed by atoms with Crippen LogP contribution in [0, 0.1) is 11.8 Å². The van der Waals surface area contributed by atoms with Crippen LogP contribution < -0.4 is 10.2 Å². The summed E-state index contributed by atoms with van der Waals surface area (Å²) in [6.45, 7) is 3.95. The fourth-order valence-electron chi connectivity index (χ4n) is 3.92. The molecule has 4 rings (SSSR count). The molecule has 1 saturated heterocycles. The zero-order valence-electron chi connectivity index (χ0n) is 10.6. The summed E-state index contributed by atoms with van der Waals surface area (Å²) in [4.78, 5) is 6.85. The summed E-state index contributed by atoms with van der Waals surface area (Å²) >= 11 is 0. The lowest BCUT2D eigenvalue weighted by molar-refractivity contribution is 0.365. The monoisotopic (exact) mass is 248 g/mol. The smallest absolute Gasteiger partial charge is 0.322 e. The summed E-state index contributed by atoms with van der Waals surface area (Å²) < 4.78 is 5.46. The minimum Gasteiger partial charge on any atom is -0.322 e. The number of fused-ring (bicyclic) bond motifs is 2. The van der Waals surface area contributed by atoms with E-state index in [0.717, 1.165) is 49.9 Å². The molecule has 0 amide bonds. The molecular weight excluding hydrogens is 228 g/mol. The Hall–Kier alpha value is -1.10. The molecule has 1 N–H and O–H groups in total. The van der Waals surface area contributed by atoms with E-state index in [1.165, 1.54) is 25.7 Å². The summed E-state index contributed by atoms with van der Waals surface area (Å²) in [6, 6.07) is 0.731. The lowest BCUT2D eigenvalue weighted by Crippen LogP contribution is -2.43. The first-order valence-electron chi connectivity index (χ1n) is 7.19. The van der Waals surface area contributed by atoms with Crippen LogP contribution in [0.15, 0.2) is 4.52 Å². The molecule has 0 radical (unpaired) electrons. The average Bonchev–Trinajstić information content (AvgIpc) is 3.15. The third kappa shape index (κ3) is 1.72. The number of rotatable bonds is 2. The van der Waals surface area contributed by atoms with Crippen LogP contribution in [-0.4, -0.2) is 36.3 Å². The molecule has 2 saturated carbocycles. The molecule has 5 heteroatoms. The van der Waals surface area contributed by atoms with Gasteiger partial charge in [0.1, 0.15) is 0 Å². The zero-order valence-corrected chi connectivity index (χ0v) is 10.6. The van der Waals surface area contributed by atoms with Gasteiger partial charge < -0.3 is 14.7 Å². The largest absolute Gasteiger partial charge is 0.324 e. The number of hydrogen-bond donors (Lipinski definition) is 1. The highest BCUT2D eigenvalue weighted by Gasteiger charge is 2.42. The van der Waals surface area contributed by atoms with Crippen molar-refractivity contribution in [2.45, 2.75) is 31.6 Å². The van der Waals surface area contributed by atoms with Gasteiger partial charge in [-0.3, -0.25) is 0 Å². The molecule has 0 aromatic carbocycles. The van der Waals surface area contributed by atoms with Crippen LogP contribution in [0.25, 0.3) is 0 Å². The van der Waals surface area contributed by atoms with E-state index in [1.807, 2.05) is 0 Å². The topological polar surface area (TPSA) is 54.2 Å². The van der Waals surface area contributed by atoms with E-state index in [1.54, 1.807) is 0 Å². The van der Waals surface area contributed by atoms with Crippen molar-refractivity contribution in [1.82, 2.24) is 15.5 Å². The van der Waals surface area contributed by atoms with Gasteiger partial charge in [0, 0.05) is 32.1 Å². The molecule has 3 atom stereocenters. The molecular formula is C13H20N4O. The van der Waals surface area contributed by atoms with Gasteiger partial charge in [-0.1, -0.05) is 11.6 Å². The second-order valence-electron chi connectivity index (χ2n) is 5.95. The molecule has 2 bridgehead atoms. The van der Waals surface area contributed by atoms with Gasteiger partial charge in [-0.25, -0.2) is 0 Å². The minimum atomic E-state index is 0.573. The Morgan fingerprint density at radius 1 is 1.17 bits per heavy atom. The highest BCUT2D eigenvalue weighted by Crippen LogP contribution is 2.52. The Kier molecular flexibility index (Phi) is 2.53. The first-order chi connectivity index (χ1) is 8.90. The maximum absolute atomic E-state index is 5.46. The number of nitrogens with zero attached hydrogens (tertiary/aromatic N) is 3. The van der Waals surface area contributed by atoms with E-state index in [9.17, 15) is 0 Å². The highest BCUT2D eigenvalue weighted by molar-refractivity contribution is 5.27. The third-order valence-corrected chi connectivity index (χ3v) is 4.89. The van der Waals surface area contributed by atoms with Gasteiger partial charge in [0.25, 0.3) is 0 Å². The zero-order chi connectivity index (χ0) is 11.9. The van der Waals surface area contributed by atoms with Gasteiger partial charge in [-0.15, -0.1) is 0 Å². The minimum absolute atomic E-state index is 0.573. The summed E-state index contributed by atoms with van der Waals surface area (Å²) in [7, 11) is 0. The molecule has 18 heavy (non-hydrogen) atoms. The molecule has 1 aromatic rings. The van der Waals surface area contributed by atoms with Crippen LogP contribution in [0.1, 0.15) is 37.4 Å². The van der Waals surface area contributed by atoms with Crippen LogP contribution in [0.5, 0.6) is 0 Å². The molecule has 0 spiro atoms. The standard InChI is InChI=1S/C13H20N4O/c1-2-10-7-9(1)8-11(10)12-15-13(18-16-12)17-5-3-14-4-6-17/h9-11,14H,1-8H2/t9-,10+,11?/m1/s1. The lowest BCUT2D eigenvalue weighted by atomic mass is 9.88. The fraction of sp³-hybridized carbons (Fsp3) is 0.846. The van der Waals surface area contributed by atoms with E-state index in [-0.39, 0.29) is 0 Å².